The monoisotopic (exact) mass is 394 g/mol. The van der Waals surface area contributed by atoms with E-state index in [1.54, 1.807) is 7.11 Å². The maximum atomic E-state index is 13.9. The molecule has 2 aromatic carbocycles. The molecule has 2 N–H and O–H groups in total. The topological polar surface area (TPSA) is 59.6 Å². The molecule has 27 heavy (non-hydrogen) atoms. The third-order valence-electron chi connectivity index (χ3n) is 4.35. The predicted molar refractivity (Wildman–Crippen MR) is 103 cm³/mol. The molecule has 0 radical (unpaired) electrons. The van der Waals surface area contributed by atoms with Crippen molar-refractivity contribution in [1.29, 1.82) is 0 Å². The number of nitrogens with one attached hydrogen (secondary N) is 2. The number of carbonyl (C=O) groups is 1. The minimum Gasteiger partial charge on any atom is -0.382 e. The van der Waals surface area contributed by atoms with Crippen molar-refractivity contribution in [2.45, 2.75) is 26.2 Å². The van der Waals surface area contributed by atoms with Crippen LogP contribution in [0, 0.1) is 5.82 Å². The van der Waals surface area contributed by atoms with Gasteiger partial charge in [0.05, 0.1) is 19.8 Å². The van der Waals surface area contributed by atoms with Crippen molar-refractivity contribution in [3.05, 3.63) is 70.0 Å². The summed E-state index contributed by atoms with van der Waals surface area (Å²) in [7, 11) is 1.58. The third kappa shape index (κ3) is 5.74. The standard InChI is InChI=1S/C20H23FN2O3.ClH/c1-25-6-7-26-13-18-9-15(4-5-19(18)21)20(24)23-10-14-2-3-16-11-22-12-17(16)8-14;/h2-5,8-9,22H,6-7,10-13H2,1H3,(H,23,24);1H. The zero-order chi connectivity index (χ0) is 18.4. The summed E-state index contributed by atoms with van der Waals surface area (Å²) in [5.74, 6) is -0.619. The molecular weight excluding hydrogens is 371 g/mol. The smallest absolute Gasteiger partial charge is 0.251 e. The first-order valence-electron chi connectivity index (χ1n) is 8.62. The highest BCUT2D eigenvalue weighted by Crippen LogP contribution is 2.17. The predicted octanol–water partition coefficient (Wildman–Crippen LogP) is 2.94. The highest BCUT2D eigenvalue weighted by molar-refractivity contribution is 5.94. The van der Waals surface area contributed by atoms with E-state index in [-0.39, 0.29) is 30.7 Å². The summed E-state index contributed by atoms with van der Waals surface area (Å²) in [5, 5.41) is 6.19. The molecule has 146 valence electrons. The Hall–Kier alpha value is -1.99. The molecule has 0 spiro atoms. The molecule has 1 aliphatic rings. The third-order valence-corrected chi connectivity index (χ3v) is 4.35. The van der Waals surface area contributed by atoms with Crippen LogP contribution in [0.2, 0.25) is 0 Å². The normalized spacial score (nSPS) is 12.4. The van der Waals surface area contributed by atoms with Crippen LogP contribution in [-0.4, -0.2) is 26.2 Å². The summed E-state index contributed by atoms with van der Waals surface area (Å²) in [4.78, 5) is 12.4. The van der Waals surface area contributed by atoms with Crippen molar-refractivity contribution in [3.8, 4) is 0 Å². The molecule has 1 aliphatic heterocycles. The molecule has 0 bridgehead atoms. The van der Waals surface area contributed by atoms with Crippen molar-refractivity contribution in [2.24, 2.45) is 0 Å². The van der Waals surface area contributed by atoms with E-state index in [2.05, 4.69) is 22.8 Å². The number of carbonyl (C=O) groups excluding carboxylic acids is 1. The number of hydrogen-bond donors (Lipinski definition) is 2. The van der Waals surface area contributed by atoms with Gasteiger partial charge in [-0.25, -0.2) is 4.39 Å². The first-order chi connectivity index (χ1) is 12.7. The minimum absolute atomic E-state index is 0. The summed E-state index contributed by atoms with van der Waals surface area (Å²) >= 11 is 0. The molecule has 1 amide bonds. The number of hydrogen-bond acceptors (Lipinski definition) is 4. The fraction of sp³-hybridized carbons (Fsp3) is 0.350. The number of halogens is 2. The Balaban J connectivity index is 0.00000261. The Bertz CT molecular complexity index is 786. The maximum Gasteiger partial charge on any atom is 0.251 e. The van der Waals surface area contributed by atoms with Crippen molar-refractivity contribution in [2.75, 3.05) is 20.3 Å². The molecule has 0 fully saturated rings. The Kier molecular flexibility index (Phi) is 8.19. The molecule has 0 aliphatic carbocycles. The van der Waals surface area contributed by atoms with E-state index in [1.807, 2.05) is 6.07 Å². The second-order valence-corrected chi connectivity index (χ2v) is 6.24. The van der Waals surface area contributed by atoms with Crippen LogP contribution < -0.4 is 10.6 Å². The van der Waals surface area contributed by atoms with Crippen LogP contribution in [0.4, 0.5) is 4.39 Å². The number of rotatable bonds is 8. The summed E-state index contributed by atoms with van der Waals surface area (Å²) in [6, 6.07) is 10.5. The average Bonchev–Trinajstić information content (AvgIpc) is 3.12. The first-order valence-corrected chi connectivity index (χ1v) is 8.62. The molecule has 2 aromatic rings. The van der Waals surface area contributed by atoms with Crippen molar-refractivity contribution >= 4 is 18.3 Å². The van der Waals surface area contributed by atoms with Gasteiger partial charge in [-0.05, 0) is 34.9 Å². The van der Waals surface area contributed by atoms with Crippen LogP contribution in [-0.2, 0) is 35.7 Å². The molecule has 0 saturated carbocycles. The van der Waals surface area contributed by atoms with E-state index in [0.717, 1.165) is 18.7 Å². The van der Waals surface area contributed by atoms with Crippen molar-refractivity contribution in [1.82, 2.24) is 10.6 Å². The Morgan fingerprint density at radius 3 is 2.78 bits per heavy atom. The quantitative estimate of drug-likeness (QED) is 0.676. The van der Waals surface area contributed by atoms with Gasteiger partial charge in [0.25, 0.3) is 5.91 Å². The number of methoxy groups -OCH3 is 1. The number of ether oxygens (including phenoxy) is 2. The molecule has 1 heterocycles. The van der Waals surface area contributed by atoms with Gasteiger partial charge in [-0.1, -0.05) is 18.2 Å². The van der Waals surface area contributed by atoms with Gasteiger partial charge in [0, 0.05) is 37.9 Å². The lowest BCUT2D eigenvalue weighted by Gasteiger charge is -2.10. The van der Waals surface area contributed by atoms with Gasteiger partial charge >= 0.3 is 0 Å². The fourth-order valence-electron chi connectivity index (χ4n) is 2.89. The van der Waals surface area contributed by atoms with Gasteiger partial charge in [-0.3, -0.25) is 4.79 Å². The van der Waals surface area contributed by atoms with Gasteiger partial charge in [0.15, 0.2) is 0 Å². The van der Waals surface area contributed by atoms with Crippen molar-refractivity contribution in [3.63, 3.8) is 0 Å². The zero-order valence-corrected chi connectivity index (χ0v) is 16.0. The molecule has 7 heteroatoms. The Labute approximate surface area is 164 Å². The molecule has 5 nitrogen and oxygen atoms in total. The molecule has 0 atom stereocenters. The van der Waals surface area contributed by atoms with Crippen LogP contribution >= 0.6 is 12.4 Å². The summed E-state index contributed by atoms with van der Waals surface area (Å²) in [5.41, 5.74) is 4.40. The molecule has 0 unspecified atom stereocenters. The molecular formula is C20H24ClFN2O3. The van der Waals surface area contributed by atoms with E-state index < -0.39 is 0 Å². The molecule has 0 aromatic heterocycles. The van der Waals surface area contributed by atoms with Crippen LogP contribution in [0.3, 0.4) is 0 Å². The van der Waals surface area contributed by atoms with Gasteiger partial charge in [0.1, 0.15) is 5.82 Å². The van der Waals surface area contributed by atoms with Crippen molar-refractivity contribution < 1.29 is 18.7 Å². The Morgan fingerprint density at radius 2 is 1.96 bits per heavy atom. The summed E-state index contributed by atoms with van der Waals surface area (Å²) < 4.78 is 24.1. The van der Waals surface area contributed by atoms with E-state index in [0.29, 0.717) is 30.9 Å². The summed E-state index contributed by atoms with van der Waals surface area (Å²) in [6.45, 7) is 3.11. The number of fused-ring (bicyclic) bond motifs is 1. The number of benzene rings is 2. The highest BCUT2D eigenvalue weighted by atomic mass is 35.5. The Morgan fingerprint density at radius 1 is 1.15 bits per heavy atom. The van der Waals surface area contributed by atoms with Crippen LogP contribution in [0.5, 0.6) is 0 Å². The molecule has 3 rings (SSSR count). The van der Waals surface area contributed by atoms with E-state index in [4.69, 9.17) is 9.47 Å². The van der Waals surface area contributed by atoms with Gasteiger partial charge in [-0.15, -0.1) is 12.4 Å². The highest BCUT2D eigenvalue weighted by Gasteiger charge is 2.12. The fourth-order valence-corrected chi connectivity index (χ4v) is 2.89. The van der Waals surface area contributed by atoms with Crippen LogP contribution in [0.25, 0.3) is 0 Å². The second-order valence-electron chi connectivity index (χ2n) is 6.24. The van der Waals surface area contributed by atoms with E-state index in [9.17, 15) is 9.18 Å². The van der Waals surface area contributed by atoms with E-state index in [1.165, 1.54) is 29.3 Å². The largest absolute Gasteiger partial charge is 0.382 e. The zero-order valence-electron chi connectivity index (χ0n) is 15.2. The molecule has 0 saturated heterocycles. The van der Waals surface area contributed by atoms with Gasteiger partial charge in [0.2, 0.25) is 0 Å². The lowest BCUT2D eigenvalue weighted by atomic mass is 10.1. The number of amides is 1. The summed E-state index contributed by atoms with van der Waals surface area (Å²) in [6.07, 6.45) is 0. The van der Waals surface area contributed by atoms with Crippen LogP contribution in [0.1, 0.15) is 32.6 Å². The lowest BCUT2D eigenvalue weighted by molar-refractivity contribution is 0.0604. The van der Waals surface area contributed by atoms with Gasteiger partial charge < -0.3 is 20.1 Å². The van der Waals surface area contributed by atoms with Gasteiger partial charge in [-0.2, -0.15) is 0 Å². The van der Waals surface area contributed by atoms with E-state index >= 15 is 0 Å². The lowest BCUT2D eigenvalue weighted by Crippen LogP contribution is -2.23. The second kappa shape index (κ2) is 10.4. The average molecular weight is 395 g/mol. The minimum atomic E-state index is -0.384. The van der Waals surface area contributed by atoms with Crippen LogP contribution in [0.15, 0.2) is 36.4 Å². The maximum absolute atomic E-state index is 13.9. The first kappa shape index (κ1) is 21.3. The SMILES string of the molecule is COCCOCc1cc(C(=O)NCc2ccc3c(c2)CNC3)ccc1F.Cl.